The molecule has 7 heteroatoms. The number of fused-ring (bicyclic) bond motifs is 1. The number of amides is 3. The summed E-state index contributed by atoms with van der Waals surface area (Å²) in [5.41, 5.74) is 1.40. The van der Waals surface area contributed by atoms with Crippen molar-refractivity contribution in [2.75, 3.05) is 17.2 Å². The van der Waals surface area contributed by atoms with E-state index in [1.165, 1.54) is 6.92 Å². The van der Waals surface area contributed by atoms with Crippen molar-refractivity contribution in [3.63, 3.8) is 0 Å². The van der Waals surface area contributed by atoms with Crippen LogP contribution in [0.2, 0.25) is 0 Å². The number of benzene rings is 3. The van der Waals surface area contributed by atoms with Gasteiger partial charge in [0.15, 0.2) is 6.61 Å². The van der Waals surface area contributed by atoms with E-state index < -0.39 is 0 Å². The van der Waals surface area contributed by atoms with Crippen molar-refractivity contribution in [2.24, 2.45) is 0 Å². The number of carbonyl (C=O) groups is 3. The van der Waals surface area contributed by atoms with Crippen molar-refractivity contribution < 1.29 is 19.1 Å². The largest absolute Gasteiger partial charge is 0.483 e. The quantitative estimate of drug-likeness (QED) is 0.540. The second kappa shape index (κ2) is 9.75. The van der Waals surface area contributed by atoms with E-state index in [0.717, 1.165) is 10.8 Å². The van der Waals surface area contributed by atoms with E-state index in [-0.39, 0.29) is 30.4 Å². The van der Waals surface area contributed by atoms with Gasteiger partial charge in [0.2, 0.25) is 5.91 Å². The molecular weight excluding hydrogens is 394 g/mol. The summed E-state index contributed by atoms with van der Waals surface area (Å²) in [5, 5.41) is 10.0. The summed E-state index contributed by atoms with van der Waals surface area (Å²) >= 11 is 0. The molecule has 3 rings (SSSR count). The van der Waals surface area contributed by atoms with Crippen LogP contribution in [0.3, 0.4) is 0 Å². The highest BCUT2D eigenvalue weighted by atomic mass is 16.5. The summed E-state index contributed by atoms with van der Waals surface area (Å²) in [6.07, 6.45) is 0. The van der Waals surface area contributed by atoms with E-state index in [1.807, 2.05) is 38.1 Å². The highest BCUT2D eigenvalue weighted by Gasteiger charge is 2.16. The van der Waals surface area contributed by atoms with Crippen molar-refractivity contribution in [1.82, 2.24) is 5.32 Å². The Morgan fingerprint density at radius 3 is 2.16 bits per heavy atom. The molecule has 0 saturated heterocycles. The first kappa shape index (κ1) is 21.8. The predicted octanol–water partition coefficient (Wildman–Crippen LogP) is 3.95. The number of carbonyl (C=O) groups excluding carboxylic acids is 3. The smallest absolute Gasteiger partial charge is 0.259 e. The lowest BCUT2D eigenvalue weighted by atomic mass is 10.1. The summed E-state index contributed by atoms with van der Waals surface area (Å²) in [5.74, 6) is -0.538. The van der Waals surface area contributed by atoms with Gasteiger partial charge >= 0.3 is 0 Å². The van der Waals surface area contributed by atoms with Gasteiger partial charge in [0.05, 0.1) is 5.56 Å². The van der Waals surface area contributed by atoms with Crippen LogP contribution in [0.5, 0.6) is 5.75 Å². The molecule has 160 valence electrons. The number of hydrogen-bond donors (Lipinski definition) is 3. The van der Waals surface area contributed by atoms with E-state index in [9.17, 15) is 14.4 Å². The van der Waals surface area contributed by atoms with Crippen molar-refractivity contribution in [3.05, 3.63) is 66.2 Å². The van der Waals surface area contributed by atoms with Gasteiger partial charge < -0.3 is 20.7 Å². The van der Waals surface area contributed by atoms with Gasteiger partial charge in [0.1, 0.15) is 5.75 Å². The molecule has 0 spiro atoms. The van der Waals surface area contributed by atoms with Crippen LogP contribution in [-0.4, -0.2) is 30.4 Å². The van der Waals surface area contributed by atoms with Crippen LogP contribution in [0.1, 0.15) is 31.1 Å². The molecule has 0 aliphatic carbocycles. The Labute approximate surface area is 180 Å². The number of nitrogens with one attached hydrogen (secondary N) is 3. The summed E-state index contributed by atoms with van der Waals surface area (Å²) in [6, 6.07) is 17.9. The zero-order valence-corrected chi connectivity index (χ0v) is 17.7. The molecule has 3 amide bonds. The van der Waals surface area contributed by atoms with Crippen molar-refractivity contribution in [3.8, 4) is 5.75 Å². The first-order valence-electron chi connectivity index (χ1n) is 9.96. The van der Waals surface area contributed by atoms with Gasteiger partial charge in [-0.1, -0.05) is 30.3 Å². The third-order valence-electron chi connectivity index (χ3n) is 4.34. The molecule has 0 fully saturated rings. The fourth-order valence-electron chi connectivity index (χ4n) is 3.10. The van der Waals surface area contributed by atoms with Crippen LogP contribution in [-0.2, 0) is 9.59 Å². The Morgan fingerprint density at radius 2 is 1.52 bits per heavy atom. The second-order valence-corrected chi connectivity index (χ2v) is 7.42. The Hall–Kier alpha value is -3.87. The highest BCUT2D eigenvalue weighted by Crippen LogP contribution is 2.27. The van der Waals surface area contributed by atoms with Crippen molar-refractivity contribution in [1.29, 1.82) is 0 Å². The van der Waals surface area contributed by atoms with Gasteiger partial charge in [-0.3, -0.25) is 14.4 Å². The van der Waals surface area contributed by atoms with Crippen LogP contribution in [0.4, 0.5) is 11.4 Å². The molecule has 7 nitrogen and oxygen atoms in total. The first-order chi connectivity index (χ1) is 14.8. The number of ether oxygens (including phenoxy) is 1. The van der Waals surface area contributed by atoms with Gasteiger partial charge in [0.25, 0.3) is 11.8 Å². The maximum atomic E-state index is 13.1. The molecule has 0 bridgehead atoms. The van der Waals surface area contributed by atoms with E-state index in [4.69, 9.17) is 4.74 Å². The molecule has 31 heavy (non-hydrogen) atoms. The van der Waals surface area contributed by atoms with Gasteiger partial charge in [-0.05, 0) is 55.0 Å². The lowest BCUT2D eigenvalue weighted by Gasteiger charge is -2.14. The average Bonchev–Trinajstić information content (AvgIpc) is 2.70. The Morgan fingerprint density at radius 1 is 0.871 bits per heavy atom. The van der Waals surface area contributed by atoms with E-state index in [0.29, 0.717) is 22.7 Å². The lowest BCUT2D eigenvalue weighted by molar-refractivity contribution is -0.123. The Kier molecular flexibility index (Phi) is 6.87. The fraction of sp³-hybridized carbons (Fsp3) is 0.208. The molecule has 3 N–H and O–H groups in total. The fourth-order valence-corrected chi connectivity index (χ4v) is 3.10. The molecule has 0 unspecified atom stereocenters. The van der Waals surface area contributed by atoms with Crippen LogP contribution < -0.4 is 20.7 Å². The zero-order chi connectivity index (χ0) is 22.4. The van der Waals surface area contributed by atoms with Crippen molar-refractivity contribution in [2.45, 2.75) is 26.8 Å². The molecule has 0 heterocycles. The Bertz CT molecular complexity index is 1120. The predicted molar refractivity (Wildman–Crippen MR) is 121 cm³/mol. The van der Waals surface area contributed by atoms with Crippen LogP contribution in [0.15, 0.2) is 60.7 Å². The number of anilines is 2. The van der Waals surface area contributed by atoms with Gasteiger partial charge in [-0.15, -0.1) is 0 Å². The summed E-state index contributed by atoms with van der Waals surface area (Å²) in [6.45, 7) is 4.94. The highest BCUT2D eigenvalue weighted by molar-refractivity contribution is 6.09. The van der Waals surface area contributed by atoms with Gasteiger partial charge in [-0.25, -0.2) is 0 Å². The Balaban J connectivity index is 1.87. The standard InChI is InChI=1S/C24H25N3O4/c1-15(2)25-23(29)14-31-22-12-18-8-5-4-7-17(18)11-21(22)24(30)27-20-10-6-9-19(13-20)26-16(3)28/h4-13,15H,14H2,1-3H3,(H,25,29)(H,26,28)(H,27,30). The second-order valence-electron chi connectivity index (χ2n) is 7.42. The molecule has 0 aliphatic heterocycles. The molecule has 0 saturated carbocycles. The van der Waals surface area contributed by atoms with E-state index in [2.05, 4.69) is 16.0 Å². The molecule has 3 aromatic rings. The van der Waals surface area contributed by atoms with E-state index in [1.54, 1.807) is 36.4 Å². The molecular formula is C24H25N3O4. The zero-order valence-electron chi connectivity index (χ0n) is 17.7. The minimum absolute atomic E-state index is 0.00800. The molecule has 3 aromatic carbocycles. The summed E-state index contributed by atoms with van der Waals surface area (Å²) in [7, 11) is 0. The molecule has 0 atom stereocenters. The molecule has 0 radical (unpaired) electrons. The van der Waals surface area contributed by atoms with E-state index >= 15 is 0 Å². The SMILES string of the molecule is CC(=O)Nc1cccc(NC(=O)c2cc3ccccc3cc2OCC(=O)NC(C)C)c1. The number of hydrogen-bond acceptors (Lipinski definition) is 4. The maximum absolute atomic E-state index is 13.1. The van der Waals surface area contributed by atoms with Crippen LogP contribution in [0, 0.1) is 0 Å². The maximum Gasteiger partial charge on any atom is 0.259 e. The normalized spacial score (nSPS) is 10.6. The topological polar surface area (TPSA) is 96.5 Å². The first-order valence-corrected chi connectivity index (χ1v) is 9.96. The van der Waals surface area contributed by atoms with Crippen molar-refractivity contribution >= 4 is 39.9 Å². The van der Waals surface area contributed by atoms with Crippen LogP contribution >= 0.6 is 0 Å². The third-order valence-corrected chi connectivity index (χ3v) is 4.34. The van der Waals surface area contributed by atoms with Gasteiger partial charge in [-0.2, -0.15) is 0 Å². The van der Waals surface area contributed by atoms with Gasteiger partial charge in [0, 0.05) is 24.3 Å². The average molecular weight is 419 g/mol. The summed E-state index contributed by atoms with van der Waals surface area (Å²) in [4.78, 5) is 36.4. The third kappa shape index (κ3) is 6.05. The minimum atomic E-state index is -0.384. The minimum Gasteiger partial charge on any atom is -0.483 e. The summed E-state index contributed by atoms with van der Waals surface area (Å²) < 4.78 is 5.71. The molecule has 0 aromatic heterocycles. The monoisotopic (exact) mass is 419 g/mol. The molecule has 0 aliphatic rings. The van der Waals surface area contributed by atoms with Crippen LogP contribution in [0.25, 0.3) is 10.8 Å². The lowest BCUT2D eigenvalue weighted by Crippen LogP contribution is -2.34. The number of rotatable bonds is 7.